The second kappa shape index (κ2) is 4.19. The van der Waals surface area contributed by atoms with Crippen molar-refractivity contribution in [3.63, 3.8) is 0 Å². The lowest BCUT2D eigenvalue weighted by Gasteiger charge is -2.25. The average Bonchev–Trinajstić information content (AvgIpc) is 2.77. The number of pyridine rings is 1. The van der Waals surface area contributed by atoms with E-state index in [9.17, 15) is 0 Å². The largest absolute Gasteiger partial charge is 0.322 e. The molecule has 2 nitrogen and oxygen atoms in total. The van der Waals surface area contributed by atoms with Crippen LogP contribution in [0, 0.1) is 6.92 Å². The Labute approximate surface area is 119 Å². The zero-order chi connectivity index (χ0) is 13.8. The maximum atomic E-state index is 6.42. The first-order chi connectivity index (χ1) is 8.89. The first kappa shape index (κ1) is 12.9. The third-order valence-corrected chi connectivity index (χ3v) is 4.43. The Morgan fingerprint density at radius 1 is 1.26 bits per heavy atom. The molecule has 1 heterocycles. The average molecular weight is 275 g/mol. The summed E-state index contributed by atoms with van der Waals surface area (Å²) in [7, 11) is 0. The Morgan fingerprint density at radius 3 is 2.68 bits per heavy atom. The van der Waals surface area contributed by atoms with Crippen molar-refractivity contribution < 1.29 is 0 Å². The van der Waals surface area contributed by atoms with Crippen LogP contribution in [0.15, 0.2) is 12.1 Å². The van der Waals surface area contributed by atoms with E-state index in [1.807, 2.05) is 13.0 Å². The maximum absolute atomic E-state index is 6.42. The molecule has 2 N–H and O–H groups in total. The third-order valence-electron chi connectivity index (χ3n) is 4.02. The molecule has 19 heavy (non-hydrogen) atoms. The molecule has 0 bridgehead atoms. The van der Waals surface area contributed by atoms with Gasteiger partial charge in [-0.3, -0.25) is 4.98 Å². The van der Waals surface area contributed by atoms with Crippen molar-refractivity contribution in [3.05, 3.63) is 39.5 Å². The molecule has 0 aliphatic heterocycles. The molecule has 0 spiro atoms. The quantitative estimate of drug-likeness (QED) is 0.857. The van der Waals surface area contributed by atoms with Crippen LogP contribution < -0.4 is 5.73 Å². The highest BCUT2D eigenvalue weighted by atomic mass is 35.5. The molecular formula is C16H19ClN2. The molecule has 0 radical (unpaired) electrons. The number of benzene rings is 1. The number of nitrogens with two attached hydrogens (primary N) is 1. The van der Waals surface area contributed by atoms with Crippen LogP contribution in [0.3, 0.4) is 0 Å². The van der Waals surface area contributed by atoms with Gasteiger partial charge in [-0.1, -0.05) is 17.7 Å². The number of aryl methyl sites for hydroxylation is 2. The van der Waals surface area contributed by atoms with Crippen LogP contribution in [0.2, 0.25) is 5.02 Å². The van der Waals surface area contributed by atoms with Gasteiger partial charge in [0.05, 0.1) is 5.52 Å². The molecule has 0 saturated carbocycles. The lowest BCUT2D eigenvalue weighted by atomic mass is 9.86. The smallest absolute Gasteiger partial charge is 0.0752 e. The highest BCUT2D eigenvalue weighted by Gasteiger charge is 2.27. The molecule has 0 amide bonds. The summed E-state index contributed by atoms with van der Waals surface area (Å²) in [5.74, 6) is 0. The van der Waals surface area contributed by atoms with E-state index in [0.717, 1.165) is 34.3 Å². The number of rotatable bonds is 1. The van der Waals surface area contributed by atoms with E-state index in [1.54, 1.807) is 0 Å². The summed E-state index contributed by atoms with van der Waals surface area (Å²) < 4.78 is 0. The Kier molecular flexibility index (Phi) is 2.84. The van der Waals surface area contributed by atoms with Crippen molar-refractivity contribution in [2.75, 3.05) is 0 Å². The lowest BCUT2D eigenvalue weighted by Crippen LogP contribution is -2.30. The van der Waals surface area contributed by atoms with Gasteiger partial charge in [-0.2, -0.15) is 0 Å². The fourth-order valence-electron chi connectivity index (χ4n) is 3.18. The molecule has 3 heteroatoms. The van der Waals surface area contributed by atoms with E-state index in [2.05, 4.69) is 19.9 Å². The summed E-state index contributed by atoms with van der Waals surface area (Å²) in [4.78, 5) is 4.85. The summed E-state index contributed by atoms with van der Waals surface area (Å²) in [6.45, 7) is 6.18. The number of aromatic nitrogens is 1. The minimum absolute atomic E-state index is 0.351. The topological polar surface area (TPSA) is 38.9 Å². The fraction of sp³-hybridized carbons (Fsp3) is 0.438. The molecule has 0 atom stereocenters. The van der Waals surface area contributed by atoms with E-state index in [1.165, 1.54) is 23.2 Å². The van der Waals surface area contributed by atoms with E-state index in [-0.39, 0.29) is 5.54 Å². The normalized spacial score (nSPS) is 15.0. The third kappa shape index (κ3) is 1.94. The van der Waals surface area contributed by atoms with Crippen LogP contribution in [0.25, 0.3) is 10.9 Å². The Hall–Kier alpha value is -1.12. The molecule has 100 valence electrons. The second-order valence-corrected chi connectivity index (χ2v) is 6.46. The maximum Gasteiger partial charge on any atom is 0.0752 e. The number of halogens is 1. The summed E-state index contributed by atoms with van der Waals surface area (Å²) in [6.07, 6.45) is 3.32. The van der Waals surface area contributed by atoms with Crippen LogP contribution in [0.4, 0.5) is 0 Å². The predicted molar refractivity (Wildman–Crippen MR) is 80.7 cm³/mol. The zero-order valence-corrected chi connectivity index (χ0v) is 12.4. The molecule has 1 aliphatic carbocycles. The summed E-state index contributed by atoms with van der Waals surface area (Å²) >= 11 is 6.23. The number of nitrogens with zero attached hydrogens (tertiary/aromatic N) is 1. The summed E-state index contributed by atoms with van der Waals surface area (Å²) in [5, 5.41) is 1.94. The molecule has 1 aliphatic rings. The van der Waals surface area contributed by atoms with Gasteiger partial charge in [0, 0.05) is 21.6 Å². The zero-order valence-electron chi connectivity index (χ0n) is 11.7. The van der Waals surface area contributed by atoms with Crippen LogP contribution >= 0.6 is 11.6 Å². The van der Waals surface area contributed by atoms with Crippen molar-refractivity contribution in [2.45, 2.75) is 45.6 Å². The first-order valence-corrected chi connectivity index (χ1v) is 7.17. The van der Waals surface area contributed by atoms with Gasteiger partial charge in [-0.15, -0.1) is 0 Å². The van der Waals surface area contributed by atoms with Crippen LogP contribution in [-0.4, -0.2) is 4.98 Å². The first-order valence-electron chi connectivity index (χ1n) is 6.79. The Bertz CT molecular complexity index is 669. The lowest BCUT2D eigenvalue weighted by molar-refractivity contribution is 0.553. The van der Waals surface area contributed by atoms with E-state index in [0.29, 0.717) is 0 Å². The number of hydrogen-bond donors (Lipinski definition) is 1. The monoisotopic (exact) mass is 274 g/mol. The molecule has 0 saturated heterocycles. The summed E-state index contributed by atoms with van der Waals surface area (Å²) in [6, 6.07) is 4.03. The predicted octanol–water partition coefficient (Wildman–Crippen LogP) is 3.88. The fourth-order valence-corrected chi connectivity index (χ4v) is 3.33. The van der Waals surface area contributed by atoms with Crippen molar-refractivity contribution in [2.24, 2.45) is 5.73 Å². The van der Waals surface area contributed by atoms with Crippen LogP contribution in [0.5, 0.6) is 0 Å². The molecular weight excluding hydrogens is 256 g/mol. The standard InChI is InChI=1S/C16H19ClN2/c1-9-12(17)8-7-11-14(16(2,3)18)10-5-4-6-13(10)19-15(9)11/h7-8H,4-6,18H2,1-3H3. The number of hydrogen-bond acceptors (Lipinski definition) is 2. The van der Waals surface area contributed by atoms with E-state index >= 15 is 0 Å². The SMILES string of the molecule is Cc1c(Cl)ccc2c(C(C)(C)N)c3c(nc12)CCC3. The highest BCUT2D eigenvalue weighted by molar-refractivity contribution is 6.32. The van der Waals surface area contributed by atoms with Gasteiger partial charge in [0.15, 0.2) is 0 Å². The van der Waals surface area contributed by atoms with E-state index in [4.69, 9.17) is 22.3 Å². The second-order valence-electron chi connectivity index (χ2n) is 6.06. The van der Waals surface area contributed by atoms with Gasteiger partial charge < -0.3 is 5.73 Å². The van der Waals surface area contributed by atoms with Gasteiger partial charge in [0.1, 0.15) is 0 Å². The van der Waals surface area contributed by atoms with Crippen molar-refractivity contribution in [3.8, 4) is 0 Å². The Balaban J connectivity index is 2.48. The molecule has 1 aromatic heterocycles. The minimum atomic E-state index is -0.351. The van der Waals surface area contributed by atoms with Gasteiger partial charge in [0.2, 0.25) is 0 Å². The molecule has 2 aromatic rings. The van der Waals surface area contributed by atoms with Crippen LogP contribution in [0.1, 0.15) is 42.7 Å². The molecule has 1 aromatic carbocycles. The summed E-state index contributed by atoms with van der Waals surface area (Å²) in [5.41, 5.74) is 12.0. The molecule has 0 unspecified atom stereocenters. The van der Waals surface area contributed by atoms with Crippen LogP contribution in [-0.2, 0) is 18.4 Å². The van der Waals surface area contributed by atoms with Crippen molar-refractivity contribution in [1.82, 2.24) is 4.98 Å². The van der Waals surface area contributed by atoms with Gasteiger partial charge in [-0.25, -0.2) is 0 Å². The van der Waals surface area contributed by atoms with E-state index < -0.39 is 0 Å². The van der Waals surface area contributed by atoms with Gasteiger partial charge >= 0.3 is 0 Å². The van der Waals surface area contributed by atoms with Gasteiger partial charge in [0.25, 0.3) is 0 Å². The Morgan fingerprint density at radius 2 is 2.00 bits per heavy atom. The molecule has 3 rings (SSSR count). The minimum Gasteiger partial charge on any atom is -0.322 e. The number of fused-ring (bicyclic) bond motifs is 2. The van der Waals surface area contributed by atoms with Crippen molar-refractivity contribution >= 4 is 22.5 Å². The highest BCUT2D eigenvalue weighted by Crippen LogP contribution is 2.37. The van der Waals surface area contributed by atoms with Gasteiger partial charge in [-0.05, 0) is 62.8 Å². The van der Waals surface area contributed by atoms with Crippen molar-refractivity contribution in [1.29, 1.82) is 0 Å². The molecule has 0 fully saturated rings.